The minimum atomic E-state index is 0.530. The van der Waals surface area contributed by atoms with E-state index in [1.54, 1.807) is 5.57 Å². The minimum absolute atomic E-state index is 0.530. The molecule has 0 N–H and O–H groups in total. The quantitative estimate of drug-likeness (QED) is 0.407. The molecule has 0 bridgehead atoms. The maximum Gasteiger partial charge on any atom is 0.00953 e. The predicted octanol–water partition coefficient (Wildman–Crippen LogP) is 8.53. The summed E-state index contributed by atoms with van der Waals surface area (Å²) < 4.78 is 0. The molecule has 4 unspecified atom stereocenters. The number of allylic oxidation sites excluding steroid dienone is 14. The van der Waals surface area contributed by atoms with E-state index in [0.29, 0.717) is 11.3 Å². The van der Waals surface area contributed by atoms with Crippen LogP contribution in [0.25, 0.3) is 0 Å². The van der Waals surface area contributed by atoms with Gasteiger partial charge in [-0.2, -0.15) is 0 Å². The highest BCUT2D eigenvalue weighted by molar-refractivity contribution is 5.67. The summed E-state index contributed by atoms with van der Waals surface area (Å²) in [6.07, 6.45) is 40.8. The molecule has 3 saturated carbocycles. The predicted molar refractivity (Wildman–Crippen MR) is 131 cm³/mol. The summed E-state index contributed by atoms with van der Waals surface area (Å²) in [4.78, 5) is 0. The Morgan fingerprint density at radius 2 is 1.52 bits per heavy atom. The first-order valence-corrected chi connectivity index (χ1v) is 13.1. The van der Waals surface area contributed by atoms with Crippen LogP contribution >= 0.6 is 0 Å². The second-order valence-corrected chi connectivity index (χ2v) is 10.7. The van der Waals surface area contributed by atoms with Crippen molar-refractivity contribution < 1.29 is 0 Å². The molecule has 3 fully saturated rings. The zero-order valence-electron chi connectivity index (χ0n) is 19.0. The average Bonchev–Trinajstić information content (AvgIpc) is 2.93. The molecule has 0 aromatic heterocycles. The fraction of sp³-hybridized carbons (Fsp3) is 0.516. The van der Waals surface area contributed by atoms with Crippen molar-refractivity contribution in [1.29, 1.82) is 0 Å². The summed E-state index contributed by atoms with van der Waals surface area (Å²) >= 11 is 0. The highest BCUT2D eigenvalue weighted by Gasteiger charge is 2.55. The molecule has 0 nitrogen and oxygen atoms in total. The van der Waals surface area contributed by atoms with Crippen molar-refractivity contribution in [2.24, 2.45) is 23.2 Å². The van der Waals surface area contributed by atoms with Crippen molar-refractivity contribution in [2.45, 2.75) is 77.0 Å². The van der Waals surface area contributed by atoms with Crippen molar-refractivity contribution in [2.75, 3.05) is 0 Å². The molecule has 6 rings (SSSR count). The van der Waals surface area contributed by atoms with Gasteiger partial charge < -0.3 is 0 Å². The Hall–Kier alpha value is -1.82. The molecule has 1 radical (unpaired) electrons. The van der Waals surface area contributed by atoms with E-state index in [0.717, 1.165) is 11.8 Å². The van der Waals surface area contributed by atoms with Crippen molar-refractivity contribution in [3.05, 3.63) is 89.0 Å². The summed E-state index contributed by atoms with van der Waals surface area (Å²) in [6, 6.07) is 0. The molecule has 6 aliphatic rings. The third-order valence-electron chi connectivity index (χ3n) is 9.44. The van der Waals surface area contributed by atoms with Gasteiger partial charge in [0.15, 0.2) is 0 Å². The van der Waals surface area contributed by atoms with E-state index in [-0.39, 0.29) is 0 Å². The smallest absolute Gasteiger partial charge is 0.00953 e. The summed E-state index contributed by atoms with van der Waals surface area (Å²) in [5, 5.41) is 0. The molecule has 0 saturated heterocycles. The minimum Gasteiger partial charge on any atom is -0.0758 e. The van der Waals surface area contributed by atoms with Gasteiger partial charge in [0.05, 0.1) is 0 Å². The molecule has 0 amide bonds. The zero-order valence-corrected chi connectivity index (χ0v) is 19.0. The maximum atomic E-state index is 2.59. The Kier molecular flexibility index (Phi) is 5.29. The van der Waals surface area contributed by atoms with E-state index in [1.165, 1.54) is 93.8 Å². The van der Waals surface area contributed by atoms with Crippen LogP contribution in [-0.2, 0) is 0 Å². The Balaban J connectivity index is 1.42. The summed E-state index contributed by atoms with van der Waals surface area (Å²) in [7, 11) is 0. The SMILES string of the molecule is C1=CC=C2C(=CC=CC3=C2C=CC3[C]2CCCC3CCCC4CCCCCCC243)C=C1. The number of hydrogen-bond acceptors (Lipinski definition) is 0. The maximum absolute atomic E-state index is 2.59. The second kappa shape index (κ2) is 8.27. The zero-order chi connectivity index (χ0) is 20.7. The molecule has 161 valence electrons. The van der Waals surface area contributed by atoms with Crippen LogP contribution < -0.4 is 0 Å². The number of rotatable bonds is 1. The van der Waals surface area contributed by atoms with Crippen LogP contribution in [0.15, 0.2) is 83.1 Å². The Bertz CT molecular complexity index is 927. The summed E-state index contributed by atoms with van der Waals surface area (Å²) in [5.41, 5.74) is 6.35. The number of hydrogen-bond donors (Lipinski definition) is 0. The van der Waals surface area contributed by atoms with Crippen LogP contribution in [0.3, 0.4) is 0 Å². The molecular formula is C31H37. The topological polar surface area (TPSA) is 0 Å². The fourth-order valence-electron chi connectivity index (χ4n) is 8.24. The van der Waals surface area contributed by atoms with Crippen LogP contribution in [0, 0.1) is 29.1 Å². The van der Waals surface area contributed by atoms with E-state index in [4.69, 9.17) is 0 Å². The van der Waals surface area contributed by atoms with Crippen molar-refractivity contribution in [1.82, 2.24) is 0 Å². The van der Waals surface area contributed by atoms with Gasteiger partial charge in [-0.1, -0.05) is 99.3 Å². The largest absolute Gasteiger partial charge is 0.0758 e. The highest BCUT2D eigenvalue weighted by Crippen LogP contribution is 2.65. The first kappa shape index (κ1) is 19.8. The van der Waals surface area contributed by atoms with Gasteiger partial charge in [0.1, 0.15) is 0 Å². The lowest BCUT2D eigenvalue weighted by atomic mass is 9.45. The summed E-state index contributed by atoms with van der Waals surface area (Å²) in [5.74, 6) is 4.40. The van der Waals surface area contributed by atoms with Crippen molar-refractivity contribution >= 4 is 0 Å². The molecule has 31 heavy (non-hydrogen) atoms. The van der Waals surface area contributed by atoms with E-state index >= 15 is 0 Å². The van der Waals surface area contributed by atoms with E-state index in [2.05, 4.69) is 60.8 Å². The first-order chi connectivity index (χ1) is 15.4. The molecule has 4 atom stereocenters. The Morgan fingerprint density at radius 3 is 2.45 bits per heavy atom. The van der Waals surface area contributed by atoms with Gasteiger partial charge in [0.2, 0.25) is 0 Å². The molecule has 0 heterocycles. The third-order valence-corrected chi connectivity index (χ3v) is 9.44. The molecular weight excluding hydrogens is 372 g/mol. The fourth-order valence-corrected chi connectivity index (χ4v) is 8.24. The van der Waals surface area contributed by atoms with Crippen molar-refractivity contribution in [3.63, 3.8) is 0 Å². The van der Waals surface area contributed by atoms with Crippen LogP contribution in [0.4, 0.5) is 0 Å². The second-order valence-electron chi connectivity index (χ2n) is 10.7. The van der Waals surface area contributed by atoms with E-state index in [9.17, 15) is 0 Å². The van der Waals surface area contributed by atoms with E-state index in [1.807, 2.05) is 5.92 Å². The average molecular weight is 410 g/mol. The number of fused-ring (bicyclic) bond motifs is 2. The van der Waals surface area contributed by atoms with Gasteiger partial charge in [-0.15, -0.1) is 0 Å². The van der Waals surface area contributed by atoms with E-state index < -0.39 is 0 Å². The van der Waals surface area contributed by atoms with Gasteiger partial charge >= 0.3 is 0 Å². The standard InChI is InChI=1S/C31H37/c1-2-7-22-31-24(13-5-1)14-9-15-25(31)16-10-19-30(31)29-21-20-28-26-17-6-3-4-11-23(26)12-8-18-27(28)29/h3-4,6,8,11-12,17-18,20-21,24-25,29H,1-2,5,7,9-10,13-16,19,22H2. The lowest BCUT2D eigenvalue weighted by Gasteiger charge is -2.59. The van der Waals surface area contributed by atoms with Crippen LogP contribution in [-0.4, -0.2) is 0 Å². The molecule has 0 aromatic carbocycles. The molecule has 6 aliphatic carbocycles. The Morgan fingerprint density at radius 1 is 0.677 bits per heavy atom. The third kappa shape index (κ3) is 3.24. The van der Waals surface area contributed by atoms with Gasteiger partial charge in [-0.25, -0.2) is 0 Å². The summed E-state index contributed by atoms with van der Waals surface area (Å²) in [6.45, 7) is 0. The van der Waals surface area contributed by atoms with Gasteiger partial charge in [0.25, 0.3) is 0 Å². The van der Waals surface area contributed by atoms with Crippen molar-refractivity contribution in [3.8, 4) is 0 Å². The van der Waals surface area contributed by atoms with Gasteiger partial charge in [0, 0.05) is 5.92 Å². The monoisotopic (exact) mass is 409 g/mol. The Labute approximate surface area is 189 Å². The lowest BCUT2D eigenvalue weighted by molar-refractivity contribution is -0.0208. The van der Waals surface area contributed by atoms with Crippen LogP contribution in [0.1, 0.15) is 77.0 Å². The molecule has 1 spiro atoms. The molecule has 0 heteroatoms. The highest BCUT2D eigenvalue weighted by atomic mass is 14.6. The lowest BCUT2D eigenvalue weighted by Crippen LogP contribution is -2.50. The normalized spacial score (nSPS) is 37.5. The van der Waals surface area contributed by atoms with Crippen LogP contribution in [0.5, 0.6) is 0 Å². The molecule has 0 aromatic rings. The van der Waals surface area contributed by atoms with Gasteiger partial charge in [-0.05, 0) is 84.0 Å². The first-order valence-electron chi connectivity index (χ1n) is 13.1. The van der Waals surface area contributed by atoms with Crippen LogP contribution in [0.2, 0.25) is 0 Å². The molecule has 0 aliphatic heterocycles. The van der Waals surface area contributed by atoms with Gasteiger partial charge in [-0.3, -0.25) is 0 Å².